The van der Waals surface area contributed by atoms with Crippen LogP contribution in [-0.4, -0.2) is 40.0 Å². The number of nitriles is 1. The van der Waals surface area contributed by atoms with Gasteiger partial charge in [-0.05, 0) is 18.9 Å². The van der Waals surface area contributed by atoms with Gasteiger partial charge in [0.05, 0.1) is 11.8 Å². The second kappa shape index (κ2) is 6.26. The normalized spacial score (nSPS) is 17.8. The standard InChI is InChI=1S/C15H16N6O/c16-7-11-6-13(19-8-11)15(22)20-12-2-1-5-21(10-12)14-9-17-3-4-18-14/h3-4,6,8-9,12,19H,1-2,5,10H2,(H,20,22)/t12-/m1/s1. The fourth-order valence-electron chi connectivity index (χ4n) is 2.61. The van der Waals surface area contributed by atoms with E-state index in [4.69, 9.17) is 5.26 Å². The molecule has 0 aromatic carbocycles. The summed E-state index contributed by atoms with van der Waals surface area (Å²) in [6.07, 6.45) is 8.48. The first-order chi connectivity index (χ1) is 10.8. The average molecular weight is 296 g/mol. The number of aromatic nitrogens is 3. The molecule has 1 fully saturated rings. The summed E-state index contributed by atoms with van der Waals surface area (Å²) in [5.74, 6) is 0.639. The summed E-state index contributed by atoms with van der Waals surface area (Å²) in [7, 11) is 0. The van der Waals surface area contributed by atoms with Gasteiger partial charge in [0.1, 0.15) is 17.6 Å². The number of nitrogens with one attached hydrogen (secondary N) is 2. The first kappa shape index (κ1) is 14.1. The molecule has 2 aromatic rings. The number of hydrogen-bond acceptors (Lipinski definition) is 5. The molecule has 1 amide bonds. The van der Waals surface area contributed by atoms with Gasteiger partial charge in [0.25, 0.3) is 5.91 Å². The van der Waals surface area contributed by atoms with Crippen molar-refractivity contribution in [2.75, 3.05) is 18.0 Å². The highest BCUT2D eigenvalue weighted by Crippen LogP contribution is 2.16. The van der Waals surface area contributed by atoms with Crippen molar-refractivity contribution in [2.24, 2.45) is 0 Å². The molecule has 112 valence electrons. The van der Waals surface area contributed by atoms with Gasteiger partial charge < -0.3 is 15.2 Å². The van der Waals surface area contributed by atoms with E-state index in [0.717, 1.165) is 25.2 Å². The van der Waals surface area contributed by atoms with E-state index in [9.17, 15) is 4.79 Å². The van der Waals surface area contributed by atoms with Crippen LogP contribution in [0.1, 0.15) is 28.9 Å². The Labute approximate surface area is 128 Å². The molecule has 2 aromatic heterocycles. The Morgan fingerprint density at radius 3 is 3.14 bits per heavy atom. The molecule has 0 saturated carbocycles. The molecular weight excluding hydrogens is 280 g/mol. The van der Waals surface area contributed by atoms with Gasteiger partial charge in [0, 0.05) is 37.7 Å². The van der Waals surface area contributed by atoms with Gasteiger partial charge in [-0.15, -0.1) is 0 Å². The van der Waals surface area contributed by atoms with Gasteiger partial charge in [-0.2, -0.15) is 5.26 Å². The number of amides is 1. The van der Waals surface area contributed by atoms with Gasteiger partial charge in [-0.25, -0.2) is 4.98 Å². The number of carbonyl (C=O) groups is 1. The Balaban J connectivity index is 1.63. The fourth-order valence-corrected chi connectivity index (χ4v) is 2.61. The zero-order valence-electron chi connectivity index (χ0n) is 12.0. The van der Waals surface area contributed by atoms with E-state index in [1.54, 1.807) is 24.7 Å². The van der Waals surface area contributed by atoms with E-state index >= 15 is 0 Å². The minimum Gasteiger partial charge on any atom is -0.356 e. The lowest BCUT2D eigenvalue weighted by atomic mass is 10.1. The number of anilines is 1. The van der Waals surface area contributed by atoms with Crippen LogP contribution in [0.25, 0.3) is 0 Å². The summed E-state index contributed by atoms with van der Waals surface area (Å²) >= 11 is 0. The number of piperidine rings is 1. The van der Waals surface area contributed by atoms with Crippen LogP contribution in [-0.2, 0) is 0 Å². The summed E-state index contributed by atoms with van der Waals surface area (Å²) in [6.45, 7) is 1.61. The first-order valence-corrected chi connectivity index (χ1v) is 7.16. The third-order valence-electron chi connectivity index (χ3n) is 3.69. The highest BCUT2D eigenvalue weighted by atomic mass is 16.1. The van der Waals surface area contributed by atoms with Crippen LogP contribution < -0.4 is 10.2 Å². The van der Waals surface area contributed by atoms with Crippen LogP contribution >= 0.6 is 0 Å². The molecule has 1 aliphatic heterocycles. The Bertz CT molecular complexity index is 690. The Hall–Kier alpha value is -2.88. The van der Waals surface area contributed by atoms with Crippen molar-refractivity contribution in [3.05, 3.63) is 42.1 Å². The summed E-state index contributed by atoms with van der Waals surface area (Å²) in [6, 6.07) is 3.61. The monoisotopic (exact) mass is 296 g/mol. The molecule has 7 heteroatoms. The van der Waals surface area contributed by atoms with Crippen LogP contribution in [0.3, 0.4) is 0 Å². The van der Waals surface area contributed by atoms with Crippen molar-refractivity contribution in [1.82, 2.24) is 20.3 Å². The highest BCUT2D eigenvalue weighted by molar-refractivity contribution is 5.93. The van der Waals surface area contributed by atoms with Crippen LogP contribution in [0.5, 0.6) is 0 Å². The number of aromatic amines is 1. The van der Waals surface area contributed by atoms with Gasteiger partial charge in [0.15, 0.2) is 0 Å². The van der Waals surface area contributed by atoms with Gasteiger partial charge in [-0.3, -0.25) is 9.78 Å². The predicted molar refractivity (Wildman–Crippen MR) is 80.2 cm³/mol. The Morgan fingerprint density at radius 2 is 2.41 bits per heavy atom. The van der Waals surface area contributed by atoms with Crippen molar-refractivity contribution >= 4 is 11.7 Å². The maximum atomic E-state index is 12.2. The molecule has 0 aliphatic carbocycles. The van der Waals surface area contributed by atoms with Gasteiger partial charge >= 0.3 is 0 Å². The molecule has 22 heavy (non-hydrogen) atoms. The SMILES string of the molecule is N#Cc1c[nH]c(C(=O)N[C@@H]2CCCN(c3cnccn3)C2)c1. The van der Waals surface area contributed by atoms with Crippen LogP contribution in [0, 0.1) is 11.3 Å². The molecule has 1 saturated heterocycles. The largest absolute Gasteiger partial charge is 0.356 e. The zero-order valence-corrected chi connectivity index (χ0v) is 12.0. The van der Waals surface area contributed by atoms with Crippen LogP contribution in [0.2, 0.25) is 0 Å². The molecule has 3 rings (SSSR count). The predicted octanol–water partition coefficient (Wildman–Crippen LogP) is 1.08. The molecular formula is C15H16N6O. The van der Waals surface area contributed by atoms with Crippen molar-refractivity contribution < 1.29 is 4.79 Å². The fraction of sp³-hybridized carbons (Fsp3) is 0.333. The van der Waals surface area contributed by atoms with Gasteiger partial charge in [-0.1, -0.05) is 0 Å². The first-order valence-electron chi connectivity index (χ1n) is 7.16. The molecule has 1 aliphatic rings. The van der Waals surface area contributed by atoms with Crippen molar-refractivity contribution in [3.8, 4) is 6.07 Å². The summed E-state index contributed by atoms with van der Waals surface area (Å²) < 4.78 is 0. The minimum absolute atomic E-state index is 0.0529. The molecule has 7 nitrogen and oxygen atoms in total. The van der Waals surface area contributed by atoms with E-state index in [1.807, 2.05) is 6.07 Å². The summed E-state index contributed by atoms with van der Waals surface area (Å²) in [5, 5.41) is 11.8. The molecule has 0 bridgehead atoms. The van der Waals surface area contributed by atoms with E-state index in [1.165, 1.54) is 6.20 Å². The van der Waals surface area contributed by atoms with E-state index in [-0.39, 0.29) is 11.9 Å². The van der Waals surface area contributed by atoms with Crippen LogP contribution in [0.4, 0.5) is 5.82 Å². The third-order valence-corrected chi connectivity index (χ3v) is 3.69. The molecule has 2 N–H and O–H groups in total. The average Bonchev–Trinajstić information content (AvgIpc) is 3.05. The summed E-state index contributed by atoms with van der Waals surface area (Å²) in [4.78, 5) is 25.5. The van der Waals surface area contributed by atoms with Crippen LogP contribution in [0.15, 0.2) is 30.9 Å². The maximum absolute atomic E-state index is 12.2. The smallest absolute Gasteiger partial charge is 0.268 e. The van der Waals surface area contributed by atoms with Crippen molar-refractivity contribution in [3.63, 3.8) is 0 Å². The second-order valence-electron chi connectivity index (χ2n) is 5.24. The van der Waals surface area contributed by atoms with E-state index < -0.39 is 0 Å². The van der Waals surface area contributed by atoms with E-state index in [0.29, 0.717) is 17.8 Å². The lowest BCUT2D eigenvalue weighted by molar-refractivity contribution is 0.0928. The highest BCUT2D eigenvalue weighted by Gasteiger charge is 2.23. The van der Waals surface area contributed by atoms with Gasteiger partial charge in [0.2, 0.25) is 0 Å². The molecule has 1 atom stereocenters. The third kappa shape index (κ3) is 3.06. The lowest BCUT2D eigenvalue weighted by Gasteiger charge is -2.33. The number of carbonyl (C=O) groups excluding carboxylic acids is 1. The minimum atomic E-state index is -0.188. The Morgan fingerprint density at radius 1 is 1.50 bits per heavy atom. The molecule has 0 spiro atoms. The molecule has 0 unspecified atom stereocenters. The number of H-pyrrole nitrogens is 1. The van der Waals surface area contributed by atoms with Crippen molar-refractivity contribution in [2.45, 2.75) is 18.9 Å². The molecule has 3 heterocycles. The topological polar surface area (TPSA) is 97.7 Å². The Kier molecular flexibility index (Phi) is 4.01. The number of nitrogens with zero attached hydrogens (tertiary/aromatic N) is 4. The summed E-state index contributed by atoms with van der Waals surface area (Å²) in [5.41, 5.74) is 0.864. The number of rotatable bonds is 3. The number of hydrogen-bond donors (Lipinski definition) is 2. The zero-order chi connectivity index (χ0) is 15.4. The van der Waals surface area contributed by atoms with Crippen molar-refractivity contribution in [1.29, 1.82) is 5.26 Å². The lowest BCUT2D eigenvalue weighted by Crippen LogP contribution is -2.48. The van der Waals surface area contributed by atoms with E-state index in [2.05, 4.69) is 25.2 Å². The quantitative estimate of drug-likeness (QED) is 0.883. The molecule has 0 radical (unpaired) electrons. The second-order valence-corrected chi connectivity index (χ2v) is 5.24. The maximum Gasteiger partial charge on any atom is 0.268 e.